The monoisotopic (exact) mass is 247 g/mol. The summed E-state index contributed by atoms with van der Waals surface area (Å²) in [5, 5.41) is 10.8. The summed E-state index contributed by atoms with van der Waals surface area (Å²) in [7, 11) is 0. The van der Waals surface area contributed by atoms with Crippen molar-refractivity contribution >= 4 is 0 Å². The number of aliphatic hydroxyl groups excluding tert-OH is 1. The summed E-state index contributed by atoms with van der Waals surface area (Å²) < 4.78 is 0. The van der Waals surface area contributed by atoms with Crippen LogP contribution in [-0.2, 0) is 12.8 Å². The maximum Gasteiger partial charge on any atom is 0.0642 e. The summed E-state index contributed by atoms with van der Waals surface area (Å²) in [4.78, 5) is 0. The van der Waals surface area contributed by atoms with Gasteiger partial charge in [-0.2, -0.15) is 0 Å². The summed E-state index contributed by atoms with van der Waals surface area (Å²) in [5.41, 5.74) is 8.63. The number of rotatable bonds is 5. The van der Waals surface area contributed by atoms with Gasteiger partial charge in [0.2, 0.25) is 0 Å². The molecule has 0 saturated carbocycles. The van der Waals surface area contributed by atoms with Gasteiger partial charge in [0.1, 0.15) is 0 Å². The zero-order chi connectivity index (χ0) is 13.2. The van der Waals surface area contributed by atoms with E-state index < -0.39 is 0 Å². The Hall–Kier alpha value is -0.860. The predicted molar refractivity (Wildman–Crippen MR) is 75.4 cm³/mol. The van der Waals surface area contributed by atoms with E-state index in [1.807, 2.05) is 0 Å². The highest BCUT2D eigenvalue weighted by Crippen LogP contribution is 2.42. The predicted octanol–water partition coefficient (Wildman–Crippen LogP) is 2.53. The molecule has 1 atom stereocenters. The molecule has 1 unspecified atom stereocenters. The molecule has 18 heavy (non-hydrogen) atoms. The van der Waals surface area contributed by atoms with Crippen molar-refractivity contribution in [3.63, 3.8) is 0 Å². The Morgan fingerprint density at radius 3 is 2.06 bits per heavy atom. The van der Waals surface area contributed by atoms with Crippen molar-refractivity contribution in [2.75, 3.05) is 6.54 Å². The van der Waals surface area contributed by atoms with Crippen LogP contribution in [0.4, 0.5) is 0 Å². The van der Waals surface area contributed by atoms with Crippen molar-refractivity contribution in [1.82, 2.24) is 0 Å². The van der Waals surface area contributed by atoms with E-state index in [-0.39, 0.29) is 11.5 Å². The van der Waals surface area contributed by atoms with Gasteiger partial charge in [0, 0.05) is 12.0 Å². The summed E-state index contributed by atoms with van der Waals surface area (Å²) >= 11 is 0. The fourth-order valence-corrected chi connectivity index (χ4v) is 3.43. The zero-order valence-electron chi connectivity index (χ0n) is 11.5. The fraction of sp³-hybridized carbons (Fsp3) is 0.625. The van der Waals surface area contributed by atoms with Gasteiger partial charge in [0.15, 0.2) is 0 Å². The molecule has 0 radical (unpaired) electrons. The van der Waals surface area contributed by atoms with Crippen molar-refractivity contribution in [2.24, 2.45) is 17.1 Å². The summed E-state index contributed by atoms with van der Waals surface area (Å²) in [6.45, 7) is 4.88. The Morgan fingerprint density at radius 1 is 1.17 bits per heavy atom. The van der Waals surface area contributed by atoms with Crippen LogP contribution >= 0.6 is 0 Å². The SMILES string of the molecule is CCC(CC)C(O)C1(CN)Cc2ccccc2C1. The van der Waals surface area contributed by atoms with Gasteiger partial charge >= 0.3 is 0 Å². The standard InChI is InChI=1S/C16H25NO/c1-3-12(4-2)15(18)16(11-17)9-13-7-5-6-8-14(13)10-16/h5-8,12,15,18H,3-4,9-11,17H2,1-2H3. The van der Waals surface area contributed by atoms with E-state index in [9.17, 15) is 5.11 Å². The molecule has 0 fully saturated rings. The van der Waals surface area contributed by atoms with E-state index in [0.29, 0.717) is 12.5 Å². The Kier molecular flexibility index (Phi) is 4.08. The Bertz CT molecular complexity index is 373. The first-order valence-corrected chi connectivity index (χ1v) is 7.11. The third kappa shape index (κ3) is 2.19. The topological polar surface area (TPSA) is 46.2 Å². The van der Waals surface area contributed by atoms with Crippen molar-refractivity contribution in [3.8, 4) is 0 Å². The first kappa shape index (κ1) is 13.6. The lowest BCUT2D eigenvalue weighted by Gasteiger charge is -2.37. The first-order chi connectivity index (χ1) is 8.66. The molecule has 0 aromatic heterocycles. The molecule has 0 amide bonds. The summed E-state index contributed by atoms with van der Waals surface area (Å²) in [6, 6.07) is 8.50. The minimum atomic E-state index is -0.287. The lowest BCUT2D eigenvalue weighted by molar-refractivity contribution is -0.0122. The second-order valence-corrected chi connectivity index (χ2v) is 5.71. The van der Waals surface area contributed by atoms with Crippen molar-refractivity contribution in [3.05, 3.63) is 35.4 Å². The van der Waals surface area contributed by atoms with Crippen LogP contribution in [0, 0.1) is 11.3 Å². The second kappa shape index (κ2) is 5.41. The number of nitrogens with two attached hydrogens (primary N) is 1. The van der Waals surface area contributed by atoms with Crippen LogP contribution in [0.3, 0.4) is 0 Å². The minimum Gasteiger partial charge on any atom is -0.392 e. The molecule has 2 nitrogen and oxygen atoms in total. The molecule has 2 heteroatoms. The van der Waals surface area contributed by atoms with E-state index in [4.69, 9.17) is 5.73 Å². The second-order valence-electron chi connectivity index (χ2n) is 5.71. The van der Waals surface area contributed by atoms with Gasteiger partial charge in [-0.05, 0) is 29.9 Å². The number of benzene rings is 1. The quantitative estimate of drug-likeness (QED) is 0.840. The van der Waals surface area contributed by atoms with Gasteiger partial charge in [0.25, 0.3) is 0 Å². The largest absolute Gasteiger partial charge is 0.392 e. The molecule has 1 aliphatic rings. The van der Waals surface area contributed by atoms with Gasteiger partial charge in [-0.1, -0.05) is 51.0 Å². The van der Waals surface area contributed by atoms with Gasteiger partial charge < -0.3 is 10.8 Å². The maximum absolute atomic E-state index is 10.8. The number of fused-ring (bicyclic) bond motifs is 1. The number of hydrogen-bond acceptors (Lipinski definition) is 2. The van der Waals surface area contributed by atoms with Gasteiger partial charge in [-0.15, -0.1) is 0 Å². The molecule has 1 aromatic rings. The van der Waals surface area contributed by atoms with Crippen LogP contribution in [-0.4, -0.2) is 17.8 Å². The van der Waals surface area contributed by atoms with Crippen LogP contribution in [0.25, 0.3) is 0 Å². The summed E-state index contributed by atoms with van der Waals surface area (Å²) in [5.74, 6) is 0.364. The van der Waals surface area contributed by atoms with Crippen molar-refractivity contribution in [1.29, 1.82) is 0 Å². The molecule has 0 saturated heterocycles. The van der Waals surface area contributed by atoms with Gasteiger partial charge in [0.05, 0.1) is 6.10 Å². The molecule has 3 N–H and O–H groups in total. The van der Waals surface area contributed by atoms with Gasteiger partial charge in [-0.25, -0.2) is 0 Å². The molecule has 0 spiro atoms. The Morgan fingerprint density at radius 2 is 1.67 bits per heavy atom. The van der Waals surface area contributed by atoms with Crippen LogP contribution in [0.15, 0.2) is 24.3 Å². The highest BCUT2D eigenvalue weighted by molar-refractivity contribution is 5.35. The van der Waals surface area contributed by atoms with Crippen LogP contribution in [0.2, 0.25) is 0 Å². The van der Waals surface area contributed by atoms with Crippen LogP contribution in [0.1, 0.15) is 37.8 Å². The molecule has 0 aliphatic heterocycles. The van der Waals surface area contributed by atoms with Crippen molar-refractivity contribution in [2.45, 2.75) is 45.6 Å². The maximum atomic E-state index is 10.8. The van der Waals surface area contributed by atoms with Crippen LogP contribution in [0.5, 0.6) is 0 Å². The normalized spacial score (nSPS) is 18.9. The lowest BCUT2D eigenvalue weighted by Crippen LogP contribution is -2.46. The lowest BCUT2D eigenvalue weighted by atomic mass is 9.72. The van der Waals surface area contributed by atoms with Crippen molar-refractivity contribution < 1.29 is 5.11 Å². The van der Waals surface area contributed by atoms with E-state index in [1.54, 1.807) is 0 Å². The van der Waals surface area contributed by atoms with Crippen LogP contribution < -0.4 is 5.73 Å². The molecular formula is C16H25NO. The Labute approximate surface area is 110 Å². The van der Waals surface area contributed by atoms with E-state index in [0.717, 1.165) is 25.7 Å². The average Bonchev–Trinajstić information content (AvgIpc) is 2.79. The number of aliphatic hydroxyl groups is 1. The molecular weight excluding hydrogens is 222 g/mol. The molecule has 1 aliphatic carbocycles. The van der Waals surface area contributed by atoms with Gasteiger partial charge in [-0.3, -0.25) is 0 Å². The molecule has 0 heterocycles. The molecule has 2 rings (SSSR count). The third-order valence-electron chi connectivity index (χ3n) is 4.73. The number of hydrogen-bond donors (Lipinski definition) is 2. The smallest absolute Gasteiger partial charge is 0.0642 e. The van der Waals surface area contributed by atoms with E-state index >= 15 is 0 Å². The van der Waals surface area contributed by atoms with E-state index in [1.165, 1.54) is 11.1 Å². The minimum absolute atomic E-state index is 0.139. The first-order valence-electron chi connectivity index (χ1n) is 7.11. The Balaban J connectivity index is 2.25. The summed E-state index contributed by atoms with van der Waals surface area (Å²) in [6.07, 6.45) is 3.62. The molecule has 100 valence electrons. The highest BCUT2D eigenvalue weighted by atomic mass is 16.3. The average molecular weight is 247 g/mol. The highest BCUT2D eigenvalue weighted by Gasteiger charge is 2.44. The van der Waals surface area contributed by atoms with E-state index in [2.05, 4.69) is 38.1 Å². The fourth-order valence-electron chi connectivity index (χ4n) is 3.43. The zero-order valence-corrected chi connectivity index (χ0v) is 11.5. The molecule has 0 bridgehead atoms. The molecule has 1 aromatic carbocycles. The third-order valence-corrected chi connectivity index (χ3v) is 4.73.